The number of para-hydroxylation sites is 2. The van der Waals surface area contributed by atoms with E-state index in [4.69, 9.17) is 4.74 Å². The van der Waals surface area contributed by atoms with Crippen LogP contribution in [0, 0.1) is 6.92 Å². The van der Waals surface area contributed by atoms with Crippen molar-refractivity contribution in [1.29, 1.82) is 0 Å². The molecule has 0 bridgehead atoms. The van der Waals surface area contributed by atoms with Crippen molar-refractivity contribution in [1.82, 2.24) is 5.32 Å². The van der Waals surface area contributed by atoms with Gasteiger partial charge in [0.05, 0.1) is 11.3 Å². The minimum atomic E-state index is -4.62. The van der Waals surface area contributed by atoms with Crippen LogP contribution in [0.15, 0.2) is 103 Å². The number of hydrogen-bond acceptors (Lipinski definition) is 3. The zero-order valence-corrected chi connectivity index (χ0v) is 21.5. The Balaban J connectivity index is 1.44. The molecule has 0 saturated carbocycles. The van der Waals surface area contributed by atoms with Crippen molar-refractivity contribution >= 4 is 29.1 Å². The van der Waals surface area contributed by atoms with Crippen LogP contribution < -0.4 is 25.6 Å². The molecule has 3 N–H and O–H groups in total. The van der Waals surface area contributed by atoms with Crippen molar-refractivity contribution in [2.45, 2.75) is 13.1 Å². The Morgan fingerprint density at radius 3 is 2.08 bits per heavy atom. The fraction of sp³-hybridized carbons (Fsp3) is 0.133. The lowest BCUT2D eigenvalue weighted by molar-refractivity contribution is -0.136. The third kappa shape index (κ3) is 7.76. The van der Waals surface area contributed by atoms with Gasteiger partial charge in [-0.25, -0.2) is 9.59 Å². The number of alkyl halides is 3. The largest absolute Gasteiger partial charge is 0.457 e. The molecule has 10 heteroatoms. The third-order valence-electron chi connectivity index (χ3n) is 5.78. The van der Waals surface area contributed by atoms with Gasteiger partial charge in [0.25, 0.3) is 0 Å². The van der Waals surface area contributed by atoms with Gasteiger partial charge in [0.1, 0.15) is 11.5 Å². The molecule has 0 atom stereocenters. The SMILES string of the molecule is Cc1ccc(NC(=O)N(CCNC(=O)Nc2ccccc2C(F)(F)F)c2ccc(Oc3ccccc3)cc2)cc1. The Labute approximate surface area is 229 Å². The van der Waals surface area contributed by atoms with Crippen LogP contribution in [0.2, 0.25) is 0 Å². The van der Waals surface area contributed by atoms with Crippen LogP contribution in [-0.2, 0) is 6.18 Å². The molecule has 4 rings (SSSR count). The van der Waals surface area contributed by atoms with E-state index in [-0.39, 0.29) is 18.8 Å². The van der Waals surface area contributed by atoms with Crippen molar-refractivity contribution in [3.63, 3.8) is 0 Å². The maximum Gasteiger partial charge on any atom is 0.418 e. The lowest BCUT2D eigenvalue weighted by Gasteiger charge is -2.24. The molecule has 0 aliphatic carbocycles. The molecule has 0 saturated heterocycles. The molecule has 4 aromatic rings. The first-order valence-corrected chi connectivity index (χ1v) is 12.4. The number of urea groups is 2. The van der Waals surface area contributed by atoms with Gasteiger partial charge in [-0.1, -0.05) is 48.0 Å². The second-order valence-corrected chi connectivity index (χ2v) is 8.78. The molecule has 0 fully saturated rings. The maximum absolute atomic E-state index is 13.3. The van der Waals surface area contributed by atoms with Crippen LogP contribution in [-0.4, -0.2) is 25.2 Å². The van der Waals surface area contributed by atoms with Gasteiger partial charge in [-0.05, 0) is 67.6 Å². The molecule has 0 aliphatic rings. The number of rotatable bonds is 8. The number of carbonyl (C=O) groups excluding carboxylic acids is 2. The standard InChI is InChI=1S/C30H27F3N4O3/c1-21-11-13-22(14-12-21)35-29(39)37(23-15-17-25(18-16-23)40-24-7-3-2-4-8-24)20-19-34-28(38)36-27-10-6-5-9-26(27)30(31,32)33/h2-18H,19-20H2,1H3,(H,35,39)(H2,34,36,38). The van der Waals surface area contributed by atoms with E-state index in [1.54, 1.807) is 36.4 Å². The first kappa shape index (κ1) is 28.0. The summed E-state index contributed by atoms with van der Waals surface area (Å²) in [6, 6.07) is 26.7. The lowest BCUT2D eigenvalue weighted by atomic mass is 10.1. The molecule has 0 unspecified atom stereocenters. The first-order chi connectivity index (χ1) is 19.2. The van der Waals surface area contributed by atoms with E-state index in [1.807, 2.05) is 49.4 Å². The highest BCUT2D eigenvalue weighted by Crippen LogP contribution is 2.34. The highest BCUT2D eigenvalue weighted by molar-refractivity contribution is 6.02. The molecule has 0 aromatic heterocycles. The number of ether oxygens (including phenoxy) is 1. The summed E-state index contributed by atoms with van der Waals surface area (Å²) in [5.41, 5.74) is 0.817. The summed E-state index contributed by atoms with van der Waals surface area (Å²) in [6.07, 6.45) is -4.62. The summed E-state index contributed by atoms with van der Waals surface area (Å²) in [6.45, 7) is 1.93. The van der Waals surface area contributed by atoms with Crippen molar-refractivity contribution in [2.24, 2.45) is 0 Å². The van der Waals surface area contributed by atoms with Crippen LogP contribution >= 0.6 is 0 Å². The minimum Gasteiger partial charge on any atom is -0.457 e. The van der Waals surface area contributed by atoms with Crippen molar-refractivity contribution in [2.75, 3.05) is 28.6 Å². The summed E-state index contributed by atoms with van der Waals surface area (Å²) in [7, 11) is 0. The van der Waals surface area contributed by atoms with E-state index in [1.165, 1.54) is 23.1 Å². The number of benzene rings is 4. The Morgan fingerprint density at radius 1 is 0.775 bits per heavy atom. The van der Waals surface area contributed by atoms with Crippen LogP contribution in [0.1, 0.15) is 11.1 Å². The van der Waals surface area contributed by atoms with E-state index in [0.29, 0.717) is 22.9 Å². The number of hydrogen-bond donors (Lipinski definition) is 3. The Hall–Kier alpha value is -4.99. The lowest BCUT2D eigenvalue weighted by Crippen LogP contribution is -2.42. The van der Waals surface area contributed by atoms with Gasteiger partial charge in [0, 0.05) is 24.5 Å². The van der Waals surface area contributed by atoms with E-state index < -0.39 is 23.8 Å². The second kappa shape index (κ2) is 12.7. The molecule has 7 nitrogen and oxygen atoms in total. The molecule has 4 amide bonds. The molecule has 0 radical (unpaired) electrons. The maximum atomic E-state index is 13.3. The Morgan fingerprint density at radius 2 is 1.40 bits per heavy atom. The van der Waals surface area contributed by atoms with Crippen molar-refractivity contribution < 1.29 is 27.5 Å². The van der Waals surface area contributed by atoms with Gasteiger partial charge in [-0.15, -0.1) is 0 Å². The van der Waals surface area contributed by atoms with Crippen molar-refractivity contribution in [3.8, 4) is 11.5 Å². The highest BCUT2D eigenvalue weighted by atomic mass is 19.4. The van der Waals surface area contributed by atoms with E-state index in [2.05, 4.69) is 16.0 Å². The molecule has 0 aliphatic heterocycles. The number of halogens is 3. The fourth-order valence-electron chi connectivity index (χ4n) is 3.78. The minimum absolute atomic E-state index is 0.0327. The average Bonchev–Trinajstić information content (AvgIpc) is 2.93. The van der Waals surface area contributed by atoms with Crippen LogP contribution in [0.5, 0.6) is 11.5 Å². The average molecular weight is 549 g/mol. The zero-order chi connectivity index (χ0) is 28.5. The predicted molar refractivity (Wildman–Crippen MR) is 149 cm³/mol. The van der Waals surface area contributed by atoms with Gasteiger partial charge in [0.15, 0.2) is 0 Å². The Kier molecular flexibility index (Phi) is 8.90. The second-order valence-electron chi connectivity index (χ2n) is 8.78. The monoisotopic (exact) mass is 548 g/mol. The topological polar surface area (TPSA) is 82.7 Å². The molecular weight excluding hydrogens is 521 g/mol. The first-order valence-electron chi connectivity index (χ1n) is 12.4. The highest BCUT2D eigenvalue weighted by Gasteiger charge is 2.33. The summed E-state index contributed by atoms with van der Waals surface area (Å²) in [5, 5.41) is 7.57. The number of amides is 4. The molecule has 0 spiro atoms. The van der Waals surface area contributed by atoms with Gasteiger partial charge >= 0.3 is 18.2 Å². The molecule has 4 aromatic carbocycles. The number of carbonyl (C=O) groups is 2. The van der Waals surface area contributed by atoms with Crippen LogP contribution in [0.25, 0.3) is 0 Å². The van der Waals surface area contributed by atoms with E-state index in [0.717, 1.165) is 11.6 Å². The number of anilines is 3. The quantitative estimate of drug-likeness (QED) is 0.211. The number of aryl methyl sites for hydroxylation is 1. The molecule has 40 heavy (non-hydrogen) atoms. The number of nitrogens with zero attached hydrogens (tertiary/aromatic N) is 1. The third-order valence-corrected chi connectivity index (χ3v) is 5.78. The van der Waals surface area contributed by atoms with Gasteiger partial charge in [-0.3, -0.25) is 4.90 Å². The van der Waals surface area contributed by atoms with Gasteiger partial charge in [-0.2, -0.15) is 13.2 Å². The van der Waals surface area contributed by atoms with E-state index >= 15 is 0 Å². The molecular formula is C30H27F3N4O3. The summed E-state index contributed by atoms with van der Waals surface area (Å²) in [4.78, 5) is 27.0. The smallest absolute Gasteiger partial charge is 0.418 e. The van der Waals surface area contributed by atoms with Crippen molar-refractivity contribution in [3.05, 3.63) is 114 Å². The van der Waals surface area contributed by atoms with Crippen LogP contribution in [0.4, 0.5) is 39.8 Å². The van der Waals surface area contributed by atoms with Crippen LogP contribution in [0.3, 0.4) is 0 Å². The normalized spacial score (nSPS) is 10.9. The summed E-state index contributed by atoms with van der Waals surface area (Å²) < 4.78 is 45.6. The van der Waals surface area contributed by atoms with Gasteiger partial charge < -0.3 is 20.7 Å². The number of nitrogens with one attached hydrogen (secondary N) is 3. The van der Waals surface area contributed by atoms with E-state index in [9.17, 15) is 22.8 Å². The Bertz CT molecular complexity index is 1430. The fourth-order valence-corrected chi connectivity index (χ4v) is 3.78. The summed E-state index contributed by atoms with van der Waals surface area (Å²) >= 11 is 0. The molecule has 0 heterocycles. The zero-order valence-electron chi connectivity index (χ0n) is 21.5. The summed E-state index contributed by atoms with van der Waals surface area (Å²) in [5.74, 6) is 1.22. The predicted octanol–water partition coefficient (Wildman–Crippen LogP) is 7.67. The molecule has 206 valence electrons. The van der Waals surface area contributed by atoms with Gasteiger partial charge in [0.2, 0.25) is 0 Å².